The molecule has 0 spiro atoms. The third-order valence-corrected chi connectivity index (χ3v) is 2.20. The van der Waals surface area contributed by atoms with Gasteiger partial charge in [-0.3, -0.25) is 0 Å². The van der Waals surface area contributed by atoms with Crippen LogP contribution >= 0.6 is 0 Å². The van der Waals surface area contributed by atoms with Crippen LogP contribution in [0.4, 0.5) is 4.79 Å². The van der Waals surface area contributed by atoms with Crippen LogP contribution in [0.3, 0.4) is 0 Å². The molecule has 0 radical (unpaired) electrons. The molecular formula is C11H13NO5. The summed E-state index contributed by atoms with van der Waals surface area (Å²) in [5, 5.41) is 11.0. The molecule has 1 aliphatic heterocycles. The number of carbonyl (C=O) groups is 1. The normalized spacial score (nSPS) is 12.3. The summed E-state index contributed by atoms with van der Waals surface area (Å²) in [5.74, 6) is 1.38. The Kier molecular flexibility index (Phi) is 3.66. The molecule has 92 valence electrons. The SMILES string of the molecule is O=C(NCc1ccc2c(c1)OCO2)OCCO. The first-order valence-corrected chi connectivity index (χ1v) is 5.19. The highest BCUT2D eigenvalue weighted by Crippen LogP contribution is 2.32. The van der Waals surface area contributed by atoms with Crippen LogP contribution < -0.4 is 14.8 Å². The van der Waals surface area contributed by atoms with Crippen LogP contribution in [0.25, 0.3) is 0 Å². The highest BCUT2D eigenvalue weighted by molar-refractivity contribution is 5.67. The molecule has 0 saturated heterocycles. The number of aliphatic hydroxyl groups excluding tert-OH is 1. The smallest absolute Gasteiger partial charge is 0.407 e. The van der Waals surface area contributed by atoms with E-state index < -0.39 is 6.09 Å². The standard InChI is InChI=1S/C11H13NO5/c13-3-4-15-11(14)12-6-8-1-2-9-10(5-8)17-7-16-9/h1-2,5,13H,3-4,6-7H2,(H,12,14). The number of hydrogen-bond donors (Lipinski definition) is 2. The number of carbonyl (C=O) groups excluding carboxylic acids is 1. The van der Waals surface area contributed by atoms with Crippen LogP contribution in [-0.4, -0.2) is 31.2 Å². The number of amides is 1. The lowest BCUT2D eigenvalue weighted by molar-refractivity contribution is 0.119. The molecular weight excluding hydrogens is 226 g/mol. The van der Waals surface area contributed by atoms with Crippen molar-refractivity contribution in [2.75, 3.05) is 20.0 Å². The molecule has 2 N–H and O–H groups in total. The van der Waals surface area contributed by atoms with E-state index in [-0.39, 0.29) is 20.0 Å². The summed E-state index contributed by atoms with van der Waals surface area (Å²) in [6.07, 6.45) is -0.559. The van der Waals surface area contributed by atoms with Gasteiger partial charge in [-0.1, -0.05) is 6.07 Å². The van der Waals surface area contributed by atoms with Gasteiger partial charge in [-0.05, 0) is 17.7 Å². The van der Waals surface area contributed by atoms with Gasteiger partial charge in [0.2, 0.25) is 6.79 Å². The van der Waals surface area contributed by atoms with Crippen molar-refractivity contribution in [3.8, 4) is 11.5 Å². The van der Waals surface area contributed by atoms with Crippen molar-refractivity contribution in [3.05, 3.63) is 23.8 Å². The van der Waals surface area contributed by atoms with Gasteiger partial charge in [0.1, 0.15) is 6.61 Å². The van der Waals surface area contributed by atoms with E-state index in [0.717, 1.165) is 5.56 Å². The van der Waals surface area contributed by atoms with Crippen molar-refractivity contribution < 1.29 is 24.1 Å². The van der Waals surface area contributed by atoms with Gasteiger partial charge < -0.3 is 24.6 Å². The van der Waals surface area contributed by atoms with E-state index in [1.807, 2.05) is 6.07 Å². The summed E-state index contributed by atoms with van der Waals surface area (Å²) in [5.41, 5.74) is 0.884. The summed E-state index contributed by atoms with van der Waals surface area (Å²) in [6, 6.07) is 5.42. The highest BCUT2D eigenvalue weighted by Gasteiger charge is 2.13. The lowest BCUT2D eigenvalue weighted by Crippen LogP contribution is -2.24. The topological polar surface area (TPSA) is 77.0 Å². The molecule has 0 aliphatic carbocycles. The molecule has 0 aromatic heterocycles. The molecule has 1 amide bonds. The van der Waals surface area contributed by atoms with Crippen molar-refractivity contribution in [1.82, 2.24) is 5.32 Å². The zero-order valence-electron chi connectivity index (χ0n) is 9.14. The third kappa shape index (κ3) is 3.01. The van der Waals surface area contributed by atoms with Crippen LogP contribution in [-0.2, 0) is 11.3 Å². The van der Waals surface area contributed by atoms with Gasteiger partial charge in [0, 0.05) is 6.54 Å². The van der Waals surface area contributed by atoms with Crippen molar-refractivity contribution in [3.63, 3.8) is 0 Å². The van der Waals surface area contributed by atoms with Crippen LogP contribution in [0, 0.1) is 0 Å². The lowest BCUT2D eigenvalue weighted by atomic mass is 10.2. The minimum atomic E-state index is -0.559. The molecule has 0 fully saturated rings. The number of ether oxygens (including phenoxy) is 3. The molecule has 17 heavy (non-hydrogen) atoms. The van der Waals surface area contributed by atoms with Gasteiger partial charge in [-0.15, -0.1) is 0 Å². The fraction of sp³-hybridized carbons (Fsp3) is 0.364. The van der Waals surface area contributed by atoms with Crippen LogP contribution in [0.1, 0.15) is 5.56 Å². The third-order valence-electron chi connectivity index (χ3n) is 2.20. The fourth-order valence-electron chi connectivity index (χ4n) is 1.41. The fourth-order valence-corrected chi connectivity index (χ4v) is 1.41. The van der Waals surface area contributed by atoms with Gasteiger partial charge in [0.05, 0.1) is 6.61 Å². The first-order chi connectivity index (χ1) is 8.29. The second-order valence-corrected chi connectivity index (χ2v) is 3.40. The van der Waals surface area contributed by atoms with Crippen LogP contribution in [0.2, 0.25) is 0 Å². The number of fused-ring (bicyclic) bond motifs is 1. The summed E-state index contributed by atoms with van der Waals surface area (Å²) in [4.78, 5) is 11.1. The van der Waals surface area contributed by atoms with E-state index in [1.54, 1.807) is 12.1 Å². The zero-order chi connectivity index (χ0) is 12.1. The van der Waals surface area contributed by atoms with Gasteiger partial charge in [-0.25, -0.2) is 4.79 Å². The van der Waals surface area contributed by atoms with Crippen molar-refractivity contribution in [2.45, 2.75) is 6.54 Å². The molecule has 1 aromatic rings. The minimum Gasteiger partial charge on any atom is -0.454 e. The minimum absolute atomic E-state index is 0.00697. The molecule has 1 heterocycles. The van der Waals surface area contributed by atoms with E-state index >= 15 is 0 Å². The first-order valence-electron chi connectivity index (χ1n) is 5.19. The number of rotatable bonds is 4. The summed E-state index contributed by atoms with van der Waals surface area (Å²) < 4.78 is 15.0. The largest absolute Gasteiger partial charge is 0.454 e. The second-order valence-electron chi connectivity index (χ2n) is 3.40. The Morgan fingerprint density at radius 3 is 3.06 bits per heavy atom. The molecule has 1 aliphatic rings. The van der Waals surface area contributed by atoms with Crippen molar-refractivity contribution in [2.24, 2.45) is 0 Å². The number of benzene rings is 1. The quantitative estimate of drug-likeness (QED) is 0.806. The van der Waals surface area contributed by atoms with E-state index in [2.05, 4.69) is 10.1 Å². The first kappa shape index (κ1) is 11.5. The number of hydrogen-bond acceptors (Lipinski definition) is 5. The van der Waals surface area contributed by atoms with Gasteiger partial charge >= 0.3 is 6.09 Å². The Morgan fingerprint density at radius 1 is 1.41 bits per heavy atom. The van der Waals surface area contributed by atoms with Crippen LogP contribution in [0.5, 0.6) is 11.5 Å². The summed E-state index contributed by atoms with van der Waals surface area (Å²) in [7, 11) is 0. The Bertz CT molecular complexity index is 407. The van der Waals surface area contributed by atoms with Crippen molar-refractivity contribution >= 4 is 6.09 Å². The van der Waals surface area contributed by atoms with E-state index in [4.69, 9.17) is 14.6 Å². The zero-order valence-corrected chi connectivity index (χ0v) is 9.14. The molecule has 1 aromatic carbocycles. The Morgan fingerprint density at radius 2 is 2.24 bits per heavy atom. The summed E-state index contributed by atoms with van der Waals surface area (Å²) in [6.45, 7) is 0.371. The molecule has 2 rings (SSSR count). The number of aliphatic hydroxyl groups is 1. The Balaban J connectivity index is 1.85. The van der Waals surface area contributed by atoms with E-state index in [9.17, 15) is 4.79 Å². The van der Waals surface area contributed by atoms with E-state index in [1.165, 1.54) is 0 Å². The summed E-state index contributed by atoms with van der Waals surface area (Å²) >= 11 is 0. The monoisotopic (exact) mass is 239 g/mol. The van der Waals surface area contributed by atoms with Gasteiger partial charge in [0.15, 0.2) is 11.5 Å². The number of nitrogens with one attached hydrogen (secondary N) is 1. The Labute approximate surface area is 98.1 Å². The molecule has 0 bridgehead atoms. The average Bonchev–Trinajstić information content (AvgIpc) is 2.81. The van der Waals surface area contributed by atoms with Gasteiger partial charge in [0.25, 0.3) is 0 Å². The molecule has 0 atom stereocenters. The lowest BCUT2D eigenvalue weighted by Gasteiger charge is -2.06. The molecule has 0 unspecified atom stereocenters. The van der Waals surface area contributed by atoms with Crippen LogP contribution in [0.15, 0.2) is 18.2 Å². The molecule has 0 saturated carbocycles. The molecule has 6 nitrogen and oxygen atoms in total. The van der Waals surface area contributed by atoms with Crippen molar-refractivity contribution in [1.29, 1.82) is 0 Å². The number of alkyl carbamates (subject to hydrolysis) is 1. The predicted molar refractivity (Wildman–Crippen MR) is 57.8 cm³/mol. The average molecular weight is 239 g/mol. The maximum absolute atomic E-state index is 11.1. The molecule has 6 heteroatoms. The maximum atomic E-state index is 11.1. The van der Waals surface area contributed by atoms with E-state index in [0.29, 0.717) is 18.0 Å². The predicted octanol–water partition coefficient (Wildman–Crippen LogP) is 0.634. The Hall–Kier alpha value is -1.95. The second kappa shape index (κ2) is 5.40. The van der Waals surface area contributed by atoms with Gasteiger partial charge in [-0.2, -0.15) is 0 Å². The maximum Gasteiger partial charge on any atom is 0.407 e. The highest BCUT2D eigenvalue weighted by atomic mass is 16.7.